The lowest BCUT2D eigenvalue weighted by molar-refractivity contribution is 0.0956. The second-order valence-electron chi connectivity index (χ2n) is 6.06. The number of rotatable bonds is 6. The maximum atomic E-state index is 12.4. The predicted octanol–water partition coefficient (Wildman–Crippen LogP) is 3.14. The van der Waals surface area contributed by atoms with Gasteiger partial charge >= 0.3 is 0 Å². The topological polar surface area (TPSA) is 66.5 Å². The Hall–Kier alpha value is -1.99. The Labute approximate surface area is 158 Å². The third-order valence-corrected chi connectivity index (χ3v) is 7.03. The quantitative estimate of drug-likeness (QED) is 0.608. The molecule has 7 heteroatoms. The Bertz CT molecular complexity index is 854. The number of benzene rings is 2. The van der Waals surface area contributed by atoms with E-state index in [1.165, 1.54) is 9.20 Å². The van der Waals surface area contributed by atoms with Crippen molar-refractivity contribution in [1.82, 2.24) is 5.32 Å². The van der Waals surface area contributed by atoms with Gasteiger partial charge in [-0.15, -0.1) is 11.8 Å². The zero-order valence-electron chi connectivity index (χ0n) is 14.4. The molecule has 3 rings (SSSR count). The molecule has 0 spiro atoms. The van der Waals surface area contributed by atoms with Gasteiger partial charge in [-0.3, -0.25) is 9.10 Å². The summed E-state index contributed by atoms with van der Waals surface area (Å²) in [7, 11) is -3.27. The summed E-state index contributed by atoms with van der Waals surface area (Å²) < 4.78 is 25.9. The monoisotopic (exact) mass is 390 g/mol. The fourth-order valence-corrected chi connectivity index (χ4v) is 5.25. The van der Waals surface area contributed by atoms with Gasteiger partial charge in [0.15, 0.2) is 0 Å². The van der Waals surface area contributed by atoms with Crippen molar-refractivity contribution in [2.45, 2.75) is 17.7 Å². The molecular formula is C19H22N2O3S2. The van der Waals surface area contributed by atoms with Crippen LogP contribution in [0.1, 0.15) is 23.2 Å². The average molecular weight is 391 g/mol. The Morgan fingerprint density at radius 1 is 1.08 bits per heavy atom. The number of thioether (sulfide) groups is 1. The van der Waals surface area contributed by atoms with E-state index in [-0.39, 0.29) is 11.7 Å². The molecule has 2 aromatic rings. The zero-order valence-corrected chi connectivity index (χ0v) is 16.1. The molecule has 1 aliphatic rings. The molecule has 0 saturated carbocycles. The SMILES string of the molecule is O=C(NCCSc1ccccc1)c1cccc(N2CCCCS2(=O)=O)c1. The van der Waals surface area contributed by atoms with Crippen molar-refractivity contribution in [3.8, 4) is 0 Å². The molecule has 0 bridgehead atoms. The molecule has 0 aliphatic carbocycles. The highest BCUT2D eigenvalue weighted by Crippen LogP contribution is 2.24. The molecule has 5 nitrogen and oxygen atoms in total. The summed E-state index contributed by atoms with van der Waals surface area (Å²) in [5.41, 5.74) is 1.05. The van der Waals surface area contributed by atoms with Crippen molar-refractivity contribution in [2.24, 2.45) is 0 Å². The second-order valence-corrected chi connectivity index (χ2v) is 9.24. The van der Waals surface area contributed by atoms with Gasteiger partial charge in [0, 0.05) is 29.3 Å². The fraction of sp³-hybridized carbons (Fsp3) is 0.316. The van der Waals surface area contributed by atoms with Gasteiger partial charge in [0.25, 0.3) is 5.91 Å². The van der Waals surface area contributed by atoms with E-state index in [9.17, 15) is 13.2 Å². The Morgan fingerprint density at radius 2 is 1.88 bits per heavy atom. The molecule has 1 aliphatic heterocycles. The fourth-order valence-electron chi connectivity index (χ4n) is 2.83. The summed E-state index contributed by atoms with van der Waals surface area (Å²) in [5, 5.41) is 2.89. The standard InChI is InChI=1S/C19H22N2O3S2/c22-19(20-11-13-25-18-9-2-1-3-10-18)16-7-6-8-17(15-16)21-12-4-5-14-26(21,23)24/h1-3,6-10,15H,4-5,11-14H2,(H,20,22). The van der Waals surface area contributed by atoms with Gasteiger partial charge in [-0.25, -0.2) is 8.42 Å². The molecule has 0 unspecified atom stereocenters. The first-order valence-electron chi connectivity index (χ1n) is 8.63. The van der Waals surface area contributed by atoms with Crippen LogP contribution in [0.15, 0.2) is 59.5 Å². The van der Waals surface area contributed by atoms with Gasteiger partial charge in [-0.2, -0.15) is 0 Å². The van der Waals surface area contributed by atoms with Crippen LogP contribution in [0.3, 0.4) is 0 Å². The molecule has 26 heavy (non-hydrogen) atoms. The number of nitrogens with zero attached hydrogens (tertiary/aromatic N) is 1. The van der Waals surface area contributed by atoms with E-state index in [1.54, 1.807) is 36.0 Å². The van der Waals surface area contributed by atoms with Crippen LogP contribution in [0.5, 0.6) is 0 Å². The summed E-state index contributed by atoms with van der Waals surface area (Å²) in [6.07, 6.45) is 1.53. The van der Waals surface area contributed by atoms with E-state index in [2.05, 4.69) is 5.32 Å². The number of hydrogen-bond acceptors (Lipinski definition) is 4. The van der Waals surface area contributed by atoms with Gasteiger partial charge in [0.2, 0.25) is 10.0 Å². The molecule has 2 aromatic carbocycles. The van der Waals surface area contributed by atoms with Crippen LogP contribution >= 0.6 is 11.8 Å². The van der Waals surface area contributed by atoms with Gasteiger partial charge in [0.1, 0.15) is 0 Å². The average Bonchev–Trinajstić information content (AvgIpc) is 2.65. The molecule has 1 amide bonds. The van der Waals surface area contributed by atoms with Crippen LogP contribution in [-0.4, -0.2) is 38.9 Å². The van der Waals surface area contributed by atoms with Crippen molar-refractivity contribution >= 4 is 33.4 Å². The molecule has 1 heterocycles. The van der Waals surface area contributed by atoms with Crippen molar-refractivity contribution in [3.05, 3.63) is 60.2 Å². The smallest absolute Gasteiger partial charge is 0.251 e. The van der Waals surface area contributed by atoms with Crippen LogP contribution in [0.25, 0.3) is 0 Å². The van der Waals surface area contributed by atoms with E-state index >= 15 is 0 Å². The first-order valence-corrected chi connectivity index (χ1v) is 11.2. The Balaban J connectivity index is 1.58. The van der Waals surface area contributed by atoms with E-state index in [1.807, 2.05) is 30.3 Å². The number of sulfonamides is 1. The molecule has 0 aromatic heterocycles. The summed E-state index contributed by atoms with van der Waals surface area (Å²) in [5.74, 6) is 0.755. The Kier molecular flexibility index (Phi) is 6.21. The van der Waals surface area contributed by atoms with E-state index in [0.717, 1.165) is 12.2 Å². The highest BCUT2D eigenvalue weighted by atomic mass is 32.2. The van der Waals surface area contributed by atoms with Crippen molar-refractivity contribution in [2.75, 3.05) is 28.9 Å². The molecule has 0 atom stereocenters. The van der Waals surface area contributed by atoms with Crippen molar-refractivity contribution in [3.63, 3.8) is 0 Å². The third kappa shape index (κ3) is 4.80. The van der Waals surface area contributed by atoms with Gasteiger partial charge in [0.05, 0.1) is 11.4 Å². The normalized spacial score (nSPS) is 16.2. The molecule has 138 valence electrons. The van der Waals surface area contributed by atoms with E-state index in [0.29, 0.717) is 30.8 Å². The summed E-state index contributed by atoms with van der Waals surface area (Å²) in [4.78, 5) is 13.5. The molecule has 1 N–H and O–H groups in total. The molecular weight excluding hydrogens is 368 g/mol. The number of carbonyl (C=O) groups is 1. The largest absolute Gasteiger partial charge is 0.351 e. The predicted molar refractivity (Wildman–Crippen MR) is 106 cm³/mol. The van der Waals surface area contributed by atoms with Crippen LogP contribution in [-0.2, 0) is 10.0 Å². The Morgan fingerprint density at radius 3 is 2.65 bits per heavy atom. The number of amides is 1. The van der Waals surface area contributed by atoms with Crippen molar-refractivity contribution in [1.29, 1.82) is 0 Å². The number of hydrogen-bond donors (Lipinski definition) is 1. The molecule has 0 radical (unpaired) electrons. The maximum absolute atomic E-state index is 12.4. The van der Waals surface area contributed by atoms with Crippen molar-refractivity contribution < 1.29 is 13.2 Å². The minimum Gasteiger partial charge on any atom is -0.351 e. The first kappa shape index (κ1) is 18.8. The lowest BCUT2D eigenvalue weighted by Crippen LogP contribution is -2.38. The van der Waals surface area contributed by atoms with Gasteiger partial charge in [-0.1, -0.05) is 24.3 Å². The third-order valence-electron chi connectivity index (χ3n) is 4.15. The summed E-state index contributed by atoms with van der Waals surface area (Å²) in [6, 6.07) is 16.9. The maximum Gasteiger partial charge on any atom is 0.251 e. The highest BCUT2D eigenvalue weighted by Gasteiger charge is 2.26. The highest BCUT2D eigenvalue weighted by molar-refractivity contribution is 7.99. The molecule has 1 saturated heterocycles. The summed E-state index contributed by atoms with van der Waals surface area (Å²) >= 11 is 1.68. The number of carbonyl (C=O) groups excluding carboxylic acids is 1. The van der Waals surface area contributed by atoms with E-state index < -0.39 is 10.0 Å². The van der Waals surface area contributed by atoms with Crippen LogP contribution in [0.2, 0.25) is 0 Å². The zero-order chi connectivity index (χ0) is 18.4. The van der Waals surface area contributed by atoms with Crippen LogP contribution < -0.4 is 9.62 Å². The van der Waals surface area contributed by atoms with Gasteiger partial charge < -0.3 is 5.32 Å². The molecule has 1 fully saturated rings. The van der Waals surface area contributed by atoms with Crippen LogP contribution in [0, 0.1) is 0 Å². The first-order chi connectivity index (χ1) is 12.6. The lowest BCUT2D eigenvalue weighted by atomic mass is 10.2. The minimum atomic E-state index is -3.27. The number of anilines is 1. The lowest BCUT2D eigenvalue weighted by Gasteiger charge is -2.28. The van der Waals surface area contributed by atoms with E-state index in [4.69, 9.17) is 0 Å². The number of nitrogens with one attached hydrogen (secondary N) is 1. The van der Waals surface area contributed by atoms with Gasteiger partial charge in [-0.05, 0) is 43.2 Å². The second kappa shape index (κ2) is 8.60. The van der Waals surface area contributed by atoms with Crippen LogP contribution in [0.4, 0.5) is 5.69 Å². The summed E-state index contributed by atoms with van der Waals surface area (Å²) in [6.45, 7) is 1.02. The minimum absolute atomic E-state index is 0.167.